The van der Waals surface area contributed by atoms with Gasteiger partial charge < -0.3 is 4.74 Å². The standard InChI is InChI=1S/C11H14N2O6/c1-4-19-7(15)5-6(14)8-9(16)12(2)11(18)13(3)10(8)17/h8H,4-5H2,1-3H3. The first kappa shape index (κ1) is 14.8. The Hall–Kier alpha value is -2.25. The zero-order valence-corrected chi connectivity index (χ0v) is 10.8. The number of barbiturate groups is 1. The van der Waals surface area contributed by atoms with E-state index in [-0.39, 0.29) is 6.61 Å². The Morgan fingerprint density at radius 2 is 1.58 bits per heavy atom. The molecule has 104 valence electrons. The number of amides is 4. The van der Waals surface area contributed by atoms with Gasteiger partial charge in [0.15, 0.2) is 11.7 Å². The van der Waals surface area contributed by atoms with E-state index < -0.39 is 41.9 Å². The smallest absolute Gasteiger partial charge is 0.332 e. The number of rotatable bonds is 4. The summed E-state index contributed by atoms with van der Waals surface area (Å²) in [5, 5.41) is 0. The number of carbonyl (C=O) groups excluding carboxylic acids is 5. The average Bonchev–Trinajstić information content (AvgIpc) is 2.34. The second-order valence-corrected chi connectivity index (χ2v) is 3.96. The number of ketones is 1. The van der Waals surface area contributed by atoms with Crippen LogP contribution in [-0.4, -0.2) is 60.1 Å². The van der Waals surface area contributed by atoms with Crippen molar-refractivity contribution in [2.45, 2.75) is 13.3 Å². The molecule has 0 saturated carbocycles. The average molecular weight is 270 g/mol. The molecule has 0 unspecified atom stereocenters. The molecule has 8 nitrogen and oxygen atoms in total. The van der Waals surface area contributed by atoms with Crippen LogP contribution in [0.15, 0.2) is 0 Å². The highest BCUT2D eigenvalue weighted by molar-refractivity contribution is 6.27. The molecule has 19 heavy (non-hydrogen) atoms. The van der Waals surface area contributed by atoms with E-state index in [0.717, 1.165) is 14.1 Å². The highest BCUT2D eigenvalue weighted by atomic mass is 16.5. The molecule has 0 aromatic rings. The van der Waals surface area contributed by atoms with Gasteiger partial charge in [0, 0.05) is 14.1 Å². The third-order valence-electron chi connectivity index (χ3n) is 2.67. The van der Waals surface area contributed by atoms with E-state index in [1.54, 1.807) is 6.92 Å². The molecule has 0 radical (unpaired) electrons. The molecule has 8 heteroatoms. The summed E-state index contributed by atoms with van der Waals surface area (Å²) in [5.41, 5.74) is 0. The van der Waals surface area contributed by atoms with Crippen molar-refractivity contribution in [2.75, 3.05) is 20.7 Å². The lowest BCUT2D eigenvalue weighted by atomic mass is 9.96. The first-order valence-electron chi connectivity index (χ1n) is 5.58. The summed E-state index contributed by atoms with van der Waals surface area (Å²) in [7, 11) is 2.33. The normalized spacial score (nSPS) is 16.9. The molecule has 0 spiro atoms. The number of hydrogen-bond acceptors (Lipinski definition) is 6. The van der Waals surface area contributed by atoms with Gasteiger partial charge in [-0.2, -0.15) is 0 Å². The van der Waals surface area contributed by atoms with E-state index in [9.17, 15) is 24.0 Å². The van der Waals surface area contributed by atoms with Crippen LogP contribution in [0.1, 0.15) is 13.3 Å². The summed E-state index contributed by atoms with van der Waals surface area (Å²) >= 11 is 0. The van der Waals surface area contributed by atoms with Crippen LogP contribution in [0.5, 0.6) is 0 Å². The molecule has 0 N–H and O–H groups in total. The zero-order chi connectivity index (χ0) is 14.7. The molecule has 0 bridgehead atoms. The van der Waals surface area contributed by atoms with Gasteiger partial charge in [0.05, 0.1) is 6.61 Å². The summed E-state index contributed by atoms with van der Waals surface area (Å²) < 4.78 is 4.57. The highest BCUT2D eigenvalue weighted by Gasteiger charge is 2.46. The van der Waals surface area contributed by atoms with Gasteiger partial charge in [-0.3, -0.25) is 29.0 Å². The minimum atomic E-state index is -1.66. The van der Waals surface area contributed by atoms with E-state index in [0.29, 0.717) is 9.80 Å². The van der Waals surface area contributed by atoms with Crippen LogP contribution in [0.3, 0.4) is 0 Å². The van der Waals surface area contributed by atoms with Crippen LogP contribution in [0.2, 0.25) is 0 Å². The number of nitrogens with zero attached hydrogens (tertiary/aromatic N) is 2. The van der Waals surface area contributed by atoms with Gasteiger partial charge in [0.1, 0.15) is 6.42 Å². The monoisotopic (exact) mass is 270 g/mol. The van der Waals surface area contributed by atoms with E-state index in [4.69, 9.17) is 0 Å². The van der Waals surface area contributed by atoms with Crippen LogP contribution in [0.4, 0.5) is 4.79 Å². The Morgan fingerprint density at radius 1 is 1.11 bits per heavy atom. The maximum Gasteiger partial charge on any atom is 0.332 e. The largest absolute Gasteiger partial charge is 0.466 e. The van der Waals surface area contributed by atoms with Crippen molar-refractivity contribution in [3.8, 4) is 0 Å². The summed E-state index contributed by atoms with van der Waals surface area (Å²) in [6.07, 6.45) is -0.675. The van der Waals surface area contributed by atoms with E-state index in [1.807, 2.05) is 0 Å². The lowest BCUT2D eigenvalue weighted by molar-refractivity contribution is -0.153. The van der Waals surface area contributed by atoms with Crippen molar-refractivity contribution in [3.63, 3.8) is 0 Å². The number of carbonyl (C=O) groups is 5. The van der Waals surface area contributed by atoms with Crippen molar-refractivity contribution in [1.29, 1.82) is 0 Å². The first-order chi connectivity index (χ1) is 8.81. The molecule has 1 aliphatic rings. The van der Waals surface area contributed by atoms with Gasteiger partial charge in [-0.05, 0) is 6.92 Å². The van der Waals surface area contributed by atoms with Gasteiger partial charge in [0.2, 0.25) is 0 Å². The number of esters is 1. The van der Waals surface area contributed by atoms with E-state index in [1.165, 1.54) is 0 Å². The topological polar surface area (TPSA) is 101 Å². The number of ether oxygens (including phenoxy) is 1. The van der Waals surface area contributed by atoms with Crippen LogP contribution < -0.4 is 0 Å². The van der Waals surface area contributed by atoms with Crippen molar-refractivity contribution in [2.24, 2.45) is 5.92 Å². The van der Waals surface area contributed by atoms with Crippen LogP contribution in [0.25, 0.3) is 0 Å². The SMILES string of the molecule is CCOC(=O)CC(=O)C1C(=O)N(C)C(=O)N(C)C1=O. The quantitative estimate of drug-likeness (QED) is 0.488. The van der Waals surface area contributed by atoms with E-state index in [2.05, 4.69) is 4.74 Å². The maximum atomic E-state index is 11.8. The fraction of sp³-hybridized carbons (Fsp3) is 0.545. The van der Waals surface area contributed by atoms with Gasteiger partial charge in [-0.1, -0.05) is 0 Å². The molecule has 0 aromatic heterocycles. The van der Waals surface area contributed by atoms with Crippen LogP contribution in [-0.2, 0) is 23.9 Å². The first-order valence-corrected chi connectivity index (χ1v) is 5.58. The Balaban J connectivity index is 2.89. The molecule has 1 aliphatic heterocycles. The highest BCUT2D eigenvalue weighted by Crippen LogP contribution is 2.17. The predicted octanol–water partition coefficient (Wildman–Crippen LogP) is -0.825. The second-order valence-electron chi connectivity index (χ2n) is 3.96. The Labute approximate surface area is 109 Å². The molecule has 1 rings (SSSR count). The van der Waals surface area contributed by atoms with Crippen molar-refractivity contribution >= 4 is 29.6 Å². The Bertz CT molecular complexity index is 434. The van der Waals surface area contributed by atoms with Gasteiger partial charge in [0.25, 0.3) is 11.8 Å². The van der Waals surface area contributed by atoms with Gasteiger partial charge in [-0.25, -0.2) is 4.79 Å². The van der Waals surface area contributed by atoms with Crippen molar-refractivity contribution < 1.29 is 28.7 Å². The lowest BCUT2D eigenvalue weighted by Gasteiger charge is -2.31. The van der Waals surface area contributed by atoms with Crippen LogP contribution >= 0.6 is 0 Å². The molecule has 0 aliphatic carbocycles. The molecular formula is C11H14N2O6. The number of imide groups is 2. The van der Waals surface area contributed by atoms with E-state index >= 15 is 0 Å². The van der Waals surface area contributed by atoms with Crippen LogP contribution in [0, 0.1) is 5.92 Å². The lowest BCUT2D eigenvalue weighted by Crippen LogP contribution is -2.59. The minimum Gasteiger partial charge on any atom is -0.466 e. The fourth-order valence-electron chi connectivity index (χ4n) is 1.64. The number of urea groups is 1. The molecule has 4 amide bonds. The third kappa shape index (κ3) is 2.78. The summed E-state index contributed by atoms with van der Waals surface area (Å²) in [4.78, 5) is 59.3. The summed E-state index contributed by atoms with van der Waals surface area (Å²) in [6, 6.07) is -0.810. The fourth-order valence-corrected chi connectivity index (χ4v) is 1.64. The Morgan fingerprint density at radius 3 is 2.00 bits per heavy atom. The molecular weight excluding hydrogens is 256 g/mol. The predicted molar refractivity (Wildman–Crippen MR) is 60.7 cm³/mol. The molecule has 1 saturated heterocycles. The molecule has 1 heterocycles. The third-order valence-corrected chi connectivity index (χ3v) is 2.67. The number of Topliss-reactive ketones (excluding diaryl/α,β-unsaturated/α-hetero) is 1. The molecule has 1 fully saturated rings. The molecule has 0 aromatic carbocycles. The number of hydrogen-bond donors (Lipinski definition) is 0. The second kappa shape index (κ2) is 5.59. The van der Waals surface area contributed by atoms with Gasteiger partial charge >= 0.3 is 12.0 Å². The zero-order valence-electron chi connectivity index (χ0n) is 10.8. The summed E-state index contributed by atoms with van der Waals surface area (Å²) in [5.74, 6) is -5.20. The summed E-state index contributed by atoms with van der Waals surface area (Å²) in [6.45, 7) is 1.66. The minimum absolute atomic E-state index is 0.0942. The van der Waals surface area contributed by atoms with Crippen molar-refractivity contribution in [1.82, 2.24) is 9.80 Å². The maximum absolute atomic E-state index is 11.8. The molecule has 0 atom stereocenters. The Kier molecular flexibility index (Phi) is 4.36. The van der Waals surface area contributed by atoms with Gasteiger partial charge in [-0.15, -0.1) is 0 Å². The van der Waals surface area contributed by atoms with Crippen molar-refractivity contribution in [3.05, 3.63) is 0 Å².